The molecule has 160 valence electrons. The van der Waals surface area contributed by atoms with Crippen LogP contribution in [0.5, 0.6) is 0 Å². The van der Waals surface area contributed by atoms with Crippen molar-refractivity contribution in [2.45, 2.75) is 6.04 Å². The van der Waals surface area contributed by atoms with Gasteiger partial charge >= 0.3 is 0 Å². The number of carbonyl (C=O) groups excluding carboxylic acids is 2. The number of nitrogens with one attached hydrogen (secondary N) is 3. The number of carbonyl (C=O) groups is 2. The van der Waals surface area contributed by atoms with Gasteiger partial charge in [0.25, 0.3) is 5.91 Å². The lowest BCUT2D eigenvalue weighted by atomic mass is 10.00. The summed E-state index contributed by atoms with van der Waals surface area (Å²) in [6, 6.07) is 15.2. The second-order valence-corrected chi connectivity index (χ2v) is 6.57. The molecule has 3 rings (SSSR count). The van der Waals surface area contributed by atoms with Gasteiger partial charge in [-0.25, -0.2) is 18.7 Å². The van der Waals surface area contributed by atoms with E-state index >= 15 is 0 Å². The topological polar surface area (TPSA) is 90.5 Å². The highest BCUT2D eigenvalue weighted by atomic mass is 19.2. The summed E-state index contributed by atoms with van der Waals surface area (Å²) in [5, 5.41) is 14.4. The predicted molar refractivity (Wildman–Crippen MR) is 107 cm³/mol. The molecule has 0 saturated carbocycles. The minimum absolute atomic E-state index is 0.0993. The van der Waals surface area contributed by atoms with Gasteiger partial charge in [0.15, 0.2) is 17.5 Å². The average Bonchev–Trinajstić information content (AvgIpc) is 2.79. The molecule has 0 bridgehead atoms. The maximum absolute atomic E-state index is 13.5. The number of rotatable bonds is 7. The van der Waals surface area contributed by atoms with Gasteiger partial charge in [0.2, 0.25) is 5.91 Å². The molecule has 9 heteroatoms. The lowest BCUT2D eigenvalue weighted by Crippen LogP contribution is -2.41. The van der Waals surface area contributed by atoms with E-state index in [-0.39, 0.29) is 12.1 Å². The Morgan fingerprint density at radius 1 is 0.871 bits per heavy atom. The molecular weight excluding hydrogens is 411 g/mol. The summed E-state index contributed by atoms with van der Waals surface area (Å²) in [7, 11) is 0. The highest BCUT2D eigenvalue weighted by Crippen LogP contribution is 2.25. The SMILES string of the molecule is O=C(CNc1ccccc1)N[C@@H](C(=O)NO)c1ccc(-c2cc(F)c(F)c(F)c2)cc1. The Hall–Kier alpha value is -3.85. The minimum atomic E-state index is -1.56. The van der Waals surface area contributed by atoms with Crippen LogP contribution in [-0.2, 0) is 9.59 Å². The van der Waals surface area contributed by atoms with E-state index < -0.39 is 35.3 Å². The Labute approximate surface area is 175 Å². The van der Waals surface area contributed by atoms with Crippen LogP contribution in [0, 0.1) is 17.5 Å². The Morgan fingerprint density at radius 3 is 2.06 bits per heavy atom. The first-order valence-corrected chi connectivity index (χ1v) is 9.16. The van der Waals surface area contributed by atoms with E-state index in [2.05, 4.69) is 10.6 Å². The molecule has 0 fully saturated rings. The molecule has 0 saturated heterocycles. The van der Waals surface area contributed by atoms with E-state index in [0.29, 0.717) is 16.8 Å². The Balaban J connectivity index is 1.75. The number of para-hydroxylation sites is 1. The smallest absolute Gasteiger partial charge is 0.270 e. The van der Waals surface area contributed by atoms with Crippen LogP contribution in [-0.4, -0.2) is 23.6 Å². The molecule has 3 aromatic rings. The van der Waals surface area contributed by atoms with E-state index in [9.17, 15) is 22.8 Å². The van der Waals surface area contributed by atoms with E-state index in [1.165, 1.54) is 29.7 Å². The van der Waals surface area contributed by atoms with E-state index in [1.807, 2.05) is 6.07 Å². The predicted octanol–water partition coefficient (Wildman–Crippen LogP) is 3.55. The van der Waals surface area contributed by atoms with E-state index in [0.717, 1.165) is 12.1 Å². The van der Waals surface area contributed by atoms with Crippen molar-refractivity contribution in [3.63, 3.8) is 0 Å². The second kappa shape index (κ2) is 9.77. The van der Waals surface area contributed by atoms with Crippen molar-refractivity contribution in [3.8, 4) is 11.1 Å². The highest BCUT2D eigenvalue weighted by molar-refractivity contribution is 5.89. The van der Waals surface area contributed by atoms with E-state index in [4.69, 9.17) is 5.21 Å². The third kappa shape index (κ3) is 5.40. The van der Waals surface area contributed by atoms with Gasteiger partial charge in [-0.2, -0.15) is 0 Å². The lowest BCUT2D eigenvalue weighted by molar-refractivity contribution is -0.134. The summed E-state index contributed by atoms with van der Waals surface area (Å²) in [4.78, 5) is 24.3. The summed E-state index contributed by atoms with van der Waals surface area (Å²) in [6.07, 6.45) is 0. The van der Waals surface area contributed by atoms with Crippen molar-refractivity contribution in [3.05, 3.63) is 89.7 Å². The number of benzene rings is 3. The third-order valence-corrected chi connectivity index (χ3v) is 4.47. The summed E-state index contributed by atoms with van der Waals surface area (Å²) >= 11 is 0. The monoisotopic (exact) mass is 429 g/mol. The van der Waals surface area contributed by atoms with Crippen LogP contribution in [0.1, 0.15) is 11.6 Å². The van der Waals surface area contributed by atoms with Gasteiger partial charge in [0.1, 0.15) is 6.04 Å². The van der Waals surface area contributed by atoms with Crippen LogP contribution in [0.15, 0.2) is 66.7 Å². The molecule has 4 N–H and O–H groups in total. The molecular formula is C22H18F3N3O3. The average molecular weight is 429 g/mol. The summed E-state index contributed by atoms with van der Waals surface area (Å²) < 4.78 is 40.1. The fourth-order valence-electron chi connectivity index (χ4n) is 2.91. The van der Waals surface area contributed by atoms with Crippen LogP contribution >= 0.6 is 0 Å². The number of hydroxylamine groups is 1. The maximum Gasteiger partial charge on any atom is 0.270 e. The first kappa shape index (κ1) is 21.8. The van der Waals surface area contributed by atoms with Crippen LogP contribution < -0.4 is 16.1 Å². The second-order valence-electron chi connectivity index (χ2n) is 6.57. The molecule has 1 atom stereocenters. The molecule has 3 aromatic carbocycles. The van der Waals surface area contributed by atoms with Crippen molar-refractivity contribution in [1.82, 2.24) is 10.8 Å². The van der Waals surface area contributed by atoms with Crippen LogP contribution in [0.4, 0.5) is 18.9 Å². The van der Waals surface area contributed by atoms with Gasteiger partial charge in [-0.3, -0.25) is 14.8 Å². The number of hydrogen-bond acceptors (Lipinski definition) is 4. The molecule has 0 aliphatic carbocycles. The van der Waals surface area contributed by atoms with Crippen molar-refractivity contribution in [1.29, 1.82) is 0 Å². The molecule has 0 aromatic heterocycles. The molecule has 6 nitrogen and oxygen atoms in total. The molecule has 0 unspecified atom stereocenters. The van der Waals surface area contributed by atoms with Gasteiger partial charge in [0, 0.05) is 5.69 Å². The van der Waals surface area contributed by atoms with Crippen molar-refractivity contribution < 1.29 is 28.0 Å². The van der Waals surface area contributed by atoms with Crippen molar-refractivity contribution in [2.24, 2.45) is 0 Å². The first-order valence-electron chi connectivity index (χ1n) is 9.16. The van der Waals surface area contributed by atoms with Crippen molar-refractivity contribution in [2.75, 3.05) is 11.9 Å². The summed E-state index contributed by atoms with van der Waals surface area (Å²) in [5.74, 6) is -5.60. The van der Waals surface area contributed by atoms with Crippen LogP contribution in [0.3, 0.4) is 0 Å². The normalized spacial score (nSPS) is 11.5. The quantitative estimate of drug-likeness (QED) is 0.263. The van der Waals surface area contributed by atoms with Crippen molar-refractivity contribution >= 4 is 17.5 Å². The van der Waals surface area contributed by atoms with Crippen LogP contribution in [0.2, 0.25) is 0 Å². The lowest BCUT2D eigenvalue weighted by Gasteiger charge is -2.18. The van der Waals surface area contributed by atoms with Gasteiger partial charge in [-0.1, -0.05) is 42.5 Å². The van der Waals surface area contributed by atoms with Gasteiger partial charge in [-0.05, 0) is 41.0 Å². The number of amides is 2. The van der Waals surface area contributed by atoms with Gasteiger partial charge in [0.05, 0.1) is 6.54 Å². The fraction of sp³-hybridized carbons (Fsp3) is 0.0909. The summed E-state index contributed by atoms with van der Waals surface area (Å²) in [5.41, 5.74) is 2.98. The third-order valence-electron chi connectivity index (χ3n) is 4.47. The zero-order valence-electron chi connectivity index (χ0n) is 16.0. The van der Waals surface area contributed by atoms with Gasteiger partial charge < -0.3 is 10.6 Å². The Morgan fingerprint density at radius 2 is 1.48 bits per heavy atom. The number of anilines is 1. The Bertz CT molecular complexity index is 1050. The number of hydrogen-bond donors (Lipinski definition) is 4. The zero-order valence-corrected chi connectivity index (χ0v) is 16.0. The molecule has 0 radical (unpaired) electrons. The fourth-order valence-corrected chi connectivity index (χ4v) is 2.91. The molecule has 0 spiro atoms. The Kier molecular flexibility index (Phi) is 6.88. The number of halogens is 3. The molecule has 0 aliphatic heterocycles. The first-order chi connectivity index (χ1) is 14.9. The highest BCUT2D eigenvalue weighted by Gasteiger charge is 2.22. The molecule has 0 aliphatic rings. The van der Waals surface area contributed by atoms with Crippen LogP contribution in [0.25, 0.3) is 11.1 Å². The largest absolute Gasteiger partial charge is 0.376 e. The zero-order chi connectivity index (χ0) is 22.4. The van der Waals surface area contributed by atoms with E-state index in [1.54, 1.807) is 24.3 Å². The molecule has 0 heterocycles. The maximum atomic E-state index is 13.5. The molecule has 31 heavy (non-hydrogen) atoms. The molecule has 2 amide bonds. The standard InChI is InChI=1S/C22H18F3N3O3/c23-17-10-15(11-18(24)20(17)25)13-6-8-14(9-7-13)21(22(30)28-31)27-19(29)12-26-16-4-2-1-3-5-16/h1-11,21,26,31H,12H2,(H,27,29)(H,28,30)/t21-/m1/s1. The van der Waals surface area contributed by atoms with Gasteiger partial charge in [-0.15, -0.1) is 0 Å². The minimum Gasteiger partial charge on any atom is -0.376 e. The summed E-state index contributed by atoms with van der Waals surface area (Å²) in [6.45, 7) is -0.120.